The molecule has 4 amide bonds. The Labute approximate surface area is 172 Å². The number of aryl methyl sites for hydroxylation is 1. The van der Waals surface area contributed by atoms with E-state index in [9.17, 15) is 14.4 Å². The summed E-state index contributed by atoms with van der Waals surface area (Å²) in [6.45, 7) is 7.54. The summed E-state index contributed by atoms with van der Waals surface area (Å²) in [5, 5.41) is 0. The largest absolute Gasteiger partial charge is 0.369 e. The number of imide groups is 2. The Morgan fingerprint density at radius 1 is 0.931 bits per heavy atom. The van der Waals surface area contributed by atoms with E-state index in [1.165, 1.54) is 16.2 Å². The zero-order valence-corrected chi connectivity index (χ0v) is 17.3. The van der Waals surface area contributed by atoms with Crippen LogP contribution in [0.4, 0.5) is 10.5 Å². The molecule has 1 aromatic rings. The van der Waals surface area contributed by atoms with Crippen molar-refractivity contribution in [2.24, 2.45) is 5.92 Å². The molecule has 7 nitrogen and oxygen atoms in total. The summed E-state index contributed by atoms with van der Waals surface area (Å²) in [5.41, 5.74) is 2.47. The SMILES string of the molecule is Cc1ccccc1N1CCN(CN2C(=O)C(=O)N(C3CCCCC3C)C2=O)CC1. The van der Waals surface area contributed by atoms with Crippen LogP contribution in [0.15, 0.2) is 24.3 Å². The number of benzene rings is 1. The molecular formula is C22H30N4O3. The normalized spacial score (nSPS) is 26.6. The number of carbonyl (C=O) groups excluding carboxylic acids is 3. The molecule has 156 valence electrons. The van der Waals surface area contributed by atoms with E-state index in [0.717, 1.165) is 56.8 Å². The average molecular weight is 399 g/mol. The minimum atomic E-state index is -0.672. The molecule has 1 aliphatic carbocycles. The van der Waals surface area contributed by atoms with E-state index >= 15 is 0 Å². The summed E-state index contributed by atoms with van der Waals surface area (Å²) in [6.07, 6.45) is 3.92. The molecule has 2 unspecified atom stereocenters. The first-order valence-corrected chi connectivity index (χ1v) is 10.7. The Kier molecular flexibility index (Phi) is 5.58. The molecule has 3 aliphatic rings. The number of hydrogen-bond donors (Lipinski definition) is 0. The van der Waals surface area contributed by atoms with Crippen molar-refractivity contribution in [3.63, 3.8) is 0 Å². The highest BCUT2D eigenvalue weighted by molar-refractivity contribution is 6.44. The number of carbonyl (C=O) groups is 3. The number of nitrogens with zero attached hydrogens (tertiary/aromatic N) is 4. The molecule has 7 heteroatoms. The predicted molar refractivity (Wildman–Crippen MR) is 110 cm³/mol. The van der Waals surface area contributed by atoms with Crippen LogP contribution in [0.1, 0.15) is 38.2 Å². The van der Waals surface area contributed by atoms with E-state index in [1.54, 1.807) is 0 Å². The van der Waals surface area contributed by atoms with Crippen molar-refractivity contribution in [3.8, 4) is 0 Å². The first-order valence-electron chi connectivity index (χ1n) is 10.7. The third-order valence-electron chi connectivity index (χ3n) is 6.65. The van der Waals surface area contributed by atoms with Gasteiger partial charge in [0.15, 0.2) is 0 Å². The molecule has 2 atom stereocenters. The van der Waals surface area contributed by atoms with Gasteiger partial charge < -0.3 is 4.90 Å². The number of hydrogen-bond acceptors (Lipinski definition) is 5. The van der Waals surface area contributed by atoms with Crippen LogP contribution in [0.2, 0.25) is 0 Å². The summed E-state index contributed by atoms with van der Waals surface area (Å²) in [7, 11) is 0. The van der Waals surface area contributed by atoms with Crippen LogP contribution < -0.4 is 4.90 Å². The van der Waals surface area contributed by atoms with Gasteiger partial charge in [-0.05, 0) is 37.3 Å². The van der Waals surface area contributed by atoms with Crippen LogP contribution in [0.5, 0.6) is 0 Å². The summed E-state index contributed by atoms with van der Waals surface area (Å²) < 4.78 is 0. The van der Waals surface area contributed by atoms with Crippen LogP contribution in [0.25, 0.3) is 0 Å². The lowest BCUT2D eigenvalue weighted by atomic mass is 9.85. The molecular weight excluding hydrogens is 368 g/mol. The van der Waals surface area contributed by atoms with E-state index in [4.69, 9.17) is 0 Å². The van der Waals surface area contributed by atoms with E-state index < -0.39 is 17.8 Å². The van der Waals surface area contributed by atoms with Crippen molar-refractivity contribution >= 4 is 23.5 Å². The Hall–Kier alpha value is -2.41. The Morgan fingerprint density at radius 2 is 1.62 bits per heavy atom. The topological polar surface area (TPSA) is 64.2 Å². The second-order valence-electron chi connectivity index (χ2n) is 8.55. The molecule has 0 bridgehead atoms. The highest BCUT2D eigenvalue weighted by Gasteiger charge is 2.49. The minimum absolute atomic E-state index is 0.143. The van der Waals surface area contributed by atoms with Gasteiger partial charge in [-0.2, -0.15) is 0 Å². The quantitative estimate of drug-likeness (QED) is 0.576. The van der Waals surface area contributed by atoms with Crippen LogP contribution in [0, 0.1) is 12.8 Å². The maximum absolute atomic E-state index is 12.9. The number of piperazine rings is 1. The third kappa shape index (κ3) is 3.75. The molecule has 4 rings (SSSR count). The van der Waals surface area contributed by atoms with Gasteiger partial charge in [0.1, 0.15) is 0 Å². The summed E-state index contributed by atoms with van der Waals surface area (Å²) in [6, 6.07) is 7.74. The van der Waals surface area contributed by atoms with Gasteiger partial charge in [-0.1, -0.05) is 38.0 Å². The second-order valence-corrected chi connectivity index (χ2v) is 8.55. The standard InChI is InChI=1S/C22H30N4O3/c1-16-7-3-5-9-18(16)24-13-11-23(12-14-24)15-25-20(27)21(28)26(22(25)29)19-10-6-4-8-17(19)2/h3,5,7,9,17,19H,4,6,8,10-15H2,1-2H3. The molecule has 0 aromatic heterocycles. The molecule has 2 aliphatic heterocycles. The van der Waals surface area contributed by atoms with Gasteiger partial charge in [0.2, 0.25) is 0 Å². The van der Waals surface area contributed by atoms with Crippen LogP contribution in [-0.4, -0.2) is 71.4 Å². The second kappa shape index (κ2) is 8.14. The minimum Gasteiger partial charge on any atom is -0.369 e. The fourth-order valence-electron chi connectivity index (χ4n) is 4.87. The van der Waals surface area contributed by atoms with Crippen molar-refractivity contribution in [2.45, 2.75) is 45.6 Å². The van der Waals surface area contributed by atoms with Crippen LogP contribution in [0.3, 0.4) is 0 Å². The van der Waals surface area contributed by atoms with E-state index in [-0.39, 0.29) is 18.6 Å². The number of anilines is 1. The van der Waals surface area contributed by atoms with Gasteiger partial charge in [0.25, 0.3) is 0 Å². The van der Waals surface area contributed by atoms with Gasteiger partial charge in [0, 0.05) is 37.9 Å². The van der Waals surface area contributed by atoms with Gasteiger partial charge >= 0.3 is 17.8 Å². The Balaban J connectivity index is 1.39. The highest BCUT2D eigenvalue weighted by Crippen LogP contribution is 2.31. The molecule has 1 saturated carbocycles. The number of urea groups is 1. The fourth-order valence-corrected chi connectivity index (χ4v) is 4.87. The van der Waals surface area contributed by atoms with E-state index in [1.807, 2.05) is 12.1 Å². The lowest BCUT2D eigenvalue weighted by Crippen LogP contribution is -2.52. The Morgan fingerprint density at radius 3 is 2.31 bits per heavy atom. The van der Waals surface area contributed by atoms with E-state index in [2.05, 4.69) is 35.8 Å². The van der Waals surface area contributed by atoms with Crippen molar-refractivity contribution < 1.29 is 14.4 Å². The molecule has 2 saturated heterocycles. The number of rotatable bonds is 4. The van der Waals surface area contributed by atoms with Gasteiger partial charge in [-0.25, -0.2) is 9.69 Å². The van der Waals surface area contributed by atoms with Crippen LogP contribution in [-0.2, 0) is 9.59 Å². The zero-order valence-electron chi connectivity index (χ0n) is 17.3. The van der Waals surface area contributed by atoms with Gasteiger partial charge in [0.05, 0.1) is 6.67 Å². The fraction of sp³-hybridized carbons (Fsp3) is 0.591. The number of para-hydroxylation sites is 1. The predicted octanol–water partition coefficient (Wildman–Crippen LogP) is 2.44. The van der Waals surface area contributed by atoms with Crippen LogP contribution >= 0.6 is 0 Å². The van der Waals surface area contributed by atoms with Gasteiger partial charge in [-0.3, -0.25) is 19.4 Å². The molecule has 0 radical (unpaired) electrons. The molecule has 2 heterocycles. The molecule has 3 fully saturated rings. The summed E-state index contributed by atoms with van der Waals surface area (Å²) >= 11 is 0. The lowest BCUT2D eigenvalue weighted by Gasteiger charge is -2.38. The van der Waals surface area contributed by atoms with E-state index in [0.29, 0.717) is 0 Å². The zero-order chi connectivity index (χ0) is 20.5. The van der Waals surface area contributed by atoms with Crippen molar-refractivity contribution in [1.29, 1.82) is 0 Å². The smallest absolute Gasteiger partial charge is 0.335 e. The van der Waals surface area contributed by atoms with Crippen molar-refractivity contribution in [3.05, 3.63) is 29.8 Å². The van der Waals surface area contributed by atoms with Gasteiger partial charge in [-0.15, -0.1) is 0 Å². The van der Waals surface area contributed by atoms with Crippen molar-refractivity contribution in [1.82, 2.24) is 14.7 Å². The molecule has 29 heavy (non-hydrogen) atoms. The Bertz CT molecular complexity index is 803. The monoisotopic (exact) mass is 398 g/mol. The first-order chi connectivity index (χ1) is 14.0. The molecule has 0 spiro atoms. The summed E-state index contributed by atoms with van der Waals surface area (Å²) in [5.74, 6) is -1.07. The van der Waals surface area contributed by atoms with Crippen molar-refractivity contribution in [2.75, 3.05) is 37.7 Å². The summed E-state index contributed by atoms with van der Waals surface area (Å²) in [4.78, 5) is 44.9. The third-order valence-corrected chi connectivity index (χ3v) is 6.65. The molecule has 1 aromatic carbocycles. The molecule has 0 N–H and O–H groups in total. The number of amides is 4. The lowest BCUT2D eigenvalue weighted by molar-refractivity contribution is -0.145. The maximum Gasteiger partial charge on any atom is 0.335 e. The highest BCUT2D eigenvalue weighted by atomic mass is 16.2. The first kappa shape index (κ1) is 19.9. The maximum atomic E-state index is 12.9. The average Bonchev–Trinajstić information content (AvgIpc) is 2.93.